The molecular weight excluding hydrogens is 257 g/mol. The molecule has 0 saturated carbocycles. The Morgan fingerprint density at radius 2 is 2.17 bits per heavy atom. The van der Waals surface area contributed by atoms with Gasteiger partial charge in [-0.05, 0) is 13.0 Å². The van der Waals surface area contributed by atoms with Crippen LogP contribution in [0.2, 0.25) is 0 Å². The van der Waals surface area contributed by atoms with Gasteiger partial charge < -0.3 is 4.74 Å². The average molecular weight is 264 g/mol. The van der Waals surface area contributed by atoms with Crippen LogP contribution in [0.3, 0.4) is 0 Å². The number of halogens is 3. The molecule has 0 saturated heterocycles. The molecule has 1 aromatic heterocycles. The van der Waals surface area contributed by atoms with Crippen molar-refractivity contribution in [2.45, 2.75) is 13.1 Å². The number of nitro groups is 1. The van der Waals surface area contributed by atoms with Gasteiger partial charge in [0.05, 0.1) is 11.5 Å². The lowest BCUT2D eigenvalue weighted by Gasteiger charge is -2.08. The van der Waals surface area contributed by atoms with Gasteiger partial charge in [0.2, 0.25) is 5.69 Å². The zero-order valence-electron chi connectivity index (χ0n) is 9.02. The SMILES string of the molecule is CCOC(=O)c1ccnc(C(F)(F)F)c1[N+](=O)[O-]. The lowest BCUT2D eigenvalue weighted by atomic mass is 10.1. The highest BCUT2D eigenvalue weighted by Gasteiger charge is 2.43. The number of aromatic nitrogens is 1. The molecule has 0 atom stereocenters. The number of hydrogen-bond acceptors (Lipinski definition) is 5. The van der Waals surface area contributed by atoms with Crippen molar-refractivity contribution in [3.63, 3.8) is 0 Å². The van der Waals surface area contributed by atoms with Crippen LogP contribution in [0.4, 0.5) is 18.9 Å². The molecule has 0 unspecified atom stereocenters. The van der Waals surface area contributed by atoms with Crippen LogP contribution >= 0.6 is 0 Å². The van der Waals surface area contributed by atoms with Crippen LogP contribution in [0.5, 0.6) is 0 Å². The van der Waals surface area contributed by atoms with Crippen molar-refractivity contribution in [2.24, 2.45) is 0 Å². The van der Waals surface area contributed by atoms with Gasteiger partial charge in [-0.3, -0.25) is 10.1 Å². The third kappa shape index (κ3) is 2.73. The fourth-order valence-corrected chi connectivity index (χ4v) is 1.22. The number of carbonyl (C=O) groups excluding carboxylic acids is 1. The molecule has 18 heavy (non-hydrogen) atoms. The third-order valence-corrected chi connectivity index (χ3v) is 1.87. The Labute approximate surface area is 98.5 Å². The van der Waals surface area contributed by atoms with Gasteiger partial charge in [-0.2, -0.15) is 13.2 Å². The molecule has 0 aliphatic heterocycles. The number of hydrogen-bond donors (Lipinski definition) is 0. The van der Waals surface area contributed by atoms with E-state index in [4.69, 9.17) is 0 Å². The third-order valence-electron chi connectivity index (χ3n) is 1.87. The van der Waals surface area contributed by atoms with Gasteiger partial charge in [-0.15, -0.1) is 0 Å². The van der Waals surface area contributed by atoms with Crippen molar-refractivity contribution in [3.8, 4) is 0 Å². The minimum atomic E-state index is -5.02. The minimum absolute atomic E-state index is 0.111. The monoisotopic (exact) mass is 264 g/mol. The summed E-state index contributed by atoms with van der Waals surface area (Å²) in [5.74, 6) is -1.20. The maximum absolute atomic E-state index is 12.5. The van der Waals surface area contributed by atoms with Crippen LogP contribution in [0, 0.1) is 10.1 Å². The largest absolute Gasteiger partial charge is 0.462 e. The first-order valence-corrected chi connectivity index (χ1v) is 4.66. The number of rotatable bonds is 3. The molecule has 9 heteroatoms. The number of pyridine rings is 1. The molecular formula is C9H7F3N2O4. The van der Waals surface area contributed by atoms with Crippen LogP contribution in [-0.2, 0) is 10.9 Å². The molecule has 98 valence electrons. The summed E-state index contributed by atoms with van der Waals surface area (Å²) in [5, 5.41) is 10.7. The Kier molecular flexibility index (Phi) is 3.84. The van der Waals surface area contributed by atoms with Crippen molar-refractivity contribution in [3.05, 3.63) is 33.6 Å². The van der Waals surface area contributed by atoms with Crippen molar-refractivity contribution < 1.29 is 27.6 Å². The van der Waals surface area contributed by atoms with E-state index in [-0.39, 0.29) is 6.61 Å². The van der Waals surface area contributed by atoms with Crippen LogP contribution in [0.25, 0.3) is 0 Å². The first-order valence-electron chi connectivity index (χ1n) is 4.66. The maximum Gasteiger partial charge on any atom is 0.440 e. The highest BCUT2D eigenvalue weighted by Crippen LogP contribution is 2.36. The molecule has 0 N–H and O–H groups in total. The topological polar surface area (TPSA) is 82.3 Å². The minimum Gasteiger partial charge on any atom is -0.462 e. The number of nitrogens with zero attached hydrogens (tertiary/aromatic N) is 2. The van der Waals surface area contributed by atoms with E-state index in [0.717, 1.165) is 6.07 Å². The molecule has 1 heterocycles. The van der Waals surface area contributed by atoms with Gasteiger partial charge in [0.1, 0.15) is 5.56 Å². The van der Waals surface area contributed by atoms with Gasteiger partial charge in [0.15, 0.2) is 0 Å². The summed E-state index contributed by atoms with van der Waals surface area (Å²) in [7, 11) is 0. The van der Waals surface area contributed by atoms with E-state index >= 15 is 0 Å². The van der Waals surface area contributed by atoms with E-state index in [1.54, 1.807) is 0 Å². The van der Waals surface area contributed by atoms with Crippen molar-refractivity contribution in [1.29, 1.82) is 0 Å². The zero-order valence-corrected chi connectivity index (χ0v) is 9.02. The van der Waals surface area contributed by atoms with Gasteiger partial charge in [-0.1, -0.05) is 0 Å². The summed E-state index contributed by atoms with van der Waals surface area (Å²) < 4.78 is 42.0. The highest BCUT2D eigenvalue weighted by molar-refractivity contribution is 5.94. The molecule has 1 rings (SSSR count). The highest BCUT2D eigenvalue weighted by atomic mass is 19.4. The number of ether oxygens (including phenoxy) is 1. The summed E-state index contributed by atoms with van der Waals surface area (Å²) in [6.45, 7) is 1.31. The van der Waals surface area contributed by atoms with E-state index in [1.165, 1.54) is 6.92 Å². The van der Waals surface area contributed by atoms with Crippen molar-refractivity contribution in [2.75, 3.05) is 6.61 Å². The zero-order chi connectivity index (χ0) is 13.9. The Bertz CT molecular complexity index is 487. The van der Waals surface area contributed by atoms with Crippen LogP contribution in [-0.4, -0.2) is 22.5 Å². The van der Waals surface area contributed by atoms with Gasteiger partial charge in [-0.25, -0.2) is 9.78 Å². The first-order chi connectivity index (χ1) is 8.29. The predicted molar refractivity (Wildman–Crippen MR) is 51.8 cm³/mol. The fourth-order valence-electron chi connectivity index (χ4n) is 1.22. The second-order valence-corrected chi connectivity index (χ2v) is 3.03. The lowest BCUT2D eigenvalue weighted by Crippen LogP contribution is -2.16. The molecule has 0 aromatic carbocycles. The molecule has 0 fully saturated rings. The van der Waals surface area contributed by atoms with E-state index in [9.17, 15) is 28.1 Å². The van der Waals surface area contributed by atoms with Crippen molar-refractivity contribution >= 4 is 11.7 Å². The Balaban J connectivity index is 3.45. The summed E-state index contributed by atoms with van der Waals surface area (Å²) in [5.41, 5.74) is -3.90. The summed E-state index contributed by atoms with van der Waals surface area (Å²) >= 11 is 0. The van der Waals surface area contributed by atoms with E-state index in [2.05, 4.69) is 9.72 Å². The van der Waals surface area contributed by atoms with Gasteiger partial charge >= 0.3 is 17.8 Å². The normalized spacial score (nSPS) is 11.1. The van der Waals surface area contributed by atoms with E-state index in [1.807, 2.05) is 0 Å². The standard InChI is InChI=1S/C9H7F3N2O4/c1-2-18-8(15)5-3-4-13-7(9(10,11)12)6(5)14(16)17/h3-4H,2H2,1H3. The Hall–Kier alpha value is -2.19. The molecule has 0 spiro atoms. The molecule has 0 bridgehead atoms. The number of carbonyl (C=O) groups is 1. The fraction of sp³-hybridized carbons (Fsp3) is 0.333. The first kappa shape index (κ1) is 13.9. The molecule has 0 aliphatic rings. The molecule has 0 radical (unpaired) electrons. The molecule has 1 aromatic rings. The van der Waals surface area contributed by atoms with E-state index in [0.29, 0.717) is 6.20 Å². The van der Waals surface area contributed by atoms with Crippen molar-refractivity contribution in [1.82, 2.24) is 4.98 Å². The Morgan fingerprint density at radius 1 is 1.56 bits per heavy atom. The second-order valence-electron chi connectivity index (χ2n) is 3.03. The lowest BCUT2D eigenvalue weighted by molar-refractivity contribution is -0.388. The quantitative estimate of drug-likeness (QED) is 0.474. The molecule has 0 amide bonds. The Morgan fingerprint density at radius 3 is 2.61 bits per heavy atom. The summed E-state index contributed by atoms with van der Waals surface area (Å²) in [6, 6.07) is 0.811. The van der Waals surface area contributed by atoms with Crippen LogP contribution in [0.15, 0.2) is 12.3 Å². The predicted octanol–water partition coefficient (Wildman–Crippen LogP) is 2.19. The molecule has 6 nitrogen and oxygen atoms in total. The van der Waals surface area contributed by atoms with Gasteiger partial charge in [0, 0.05) is 6.20 Å². The molecule has 0 aliphatic carbocycles. The maximum atomic E-state index is 12.5. The smallest absolute Gasteiger partial charge is 0.440 e. The average Bonchev–Trinajstić information content (AvgIpc) is 2.27. The van der Waals surface area contributed by atoms with E-state index < -0.39 is 34.0 Å². The van der Waals surface area contributed by atoms with Gasteiger partial charge in [0.25, 0.3) is 0 Å². The van der Waals surface area contributed by atoms with Crippen LogP contribution < -0.4 is 0 Å². The van der Waals surface area contributed by atoms with Crippen LogP contribution in [0.1, 0.15) is 23.0 Å². The number of alkyl halides is 3. The second kappa shape index (κ2) is 4.98. The number of esters is 1. The summed E-state index contributed by atoms with van der Waals surface area (Å²) in [4.78, 5) is 23.6. The summed E-state index contributed by atoms with van der Waals surface area (Å²) in [6.07, 6.45) is -4.35.